The Balaban J connectivity index is 2.10. The molecule has 0 spiro atoms. The van der Waals surface area contributed by atoms with Crippen molar-refractivity contribution in [2.45, 2.75) is 91.9 Å². The molecule has 0 amide bonds. The fourth-order valence-electron chi connectivity index (χ4n) is 3.88. The number of thioether (sulfide) groups is 1. The summed E-state index contributed by atoms with van der Waals surface area (Å²) in [4.78, 5) is 4.70. The summed E-state index contributed by atoms with van der Waals surface area (Å²) in [5.41, 5.74) is 2.67. The van der Waals surface area contributed by atoms with Crippen molar-refractivity contribution in [3.63, 3.8) is 0 Å². The first-order valence-corrected chi connectivity index (χ1v) is 12.7. The Morgan fingerprint density at radius 2 is 1.48 bits per heavy atom. The molecular formula is C23H39N2S2+. The second kappa shape index (κ2) is 12.1. The molecule has 1 aromatic heterocycles. The molecule has 0 saturated carbocycles. The van der Waals surface area contributed by atoms with Crippen LogP contribution in [0.2, 0.25) is 0 Å². The van der Waals surface area contributed by atoms with Crippen molar-refractivity contribution in [3.05, 3.63) is 32.2 Å². The molecule has 1 aliphatic rings. The Morgan fingerprint density at radius 3 is 2.00 bits per heavy atom. The standard InChI is InChI=1S/C23H39N2S2/c1-5-7-9-11-13-15-25(16-14-12-10-8-6-2)21(4)19-27-23(25)17-22-24-20(3)18-26-22/h17-19H,5-16H2,1-4H3/q+1. The highest BCUT2D eigenvalue weighted by atomic mass is 32.2. The van der Waals surface area contributed by atoms with Gasteiger partial charge in [-0.25, -0.2) is 4.98 Å². The Bertz CT molecular complexity index is 602. The summed E-state index contributed by atoms with van der Waals surface area (Å²) in [7, 11) is 0. The summed E-state index contributed by atoms with van der Waals surface area (Å²) in [6.45, 7) is 11.5. The molecule has 2 rings (SSSR count). The van der Waals surface area contributed by atoms with Gasteiger partial charge in [0.2, 0.25) is 0 Å². The zero-order valence-corrected chi connectivity index (χ0v) is 19.6. The summed E-state index contributed by atoms with van der Waals surface area (Å²) >= 11 is 3.71. The van der Waals surface area contributed by atoms with Crippen LogP contribution in [0.1, 0.15) is 95.7 Å². The van der Waals surface area contributed by atoms with E-state index in [1.165, 1.54) is 88.0 Å². The topological polar surface area (TPSA) is 12.9 Å². The third-order valence-electron chi connectivity index (χ3n) is 5.62. The van der Waals surface area contributed by atoms with Crippen molar-refractivity contribution < 1.29 is 4.48 Å². The largest absolute Gasteiger partial charge is 0.256 e. The molecule has 0 fully saturated rings. The van der Waals surface area contributed by atoms with Gasteiger partial charge >= 0.3 is 0 Å². The van der Waals surface area contributed by atoms with Crippen LogP contribution in [0.15, 0.2) is 21.5 Å². The Labute approximate surface area is 175 Å². The van der Waals surface area contributed by atoms with E-state index in [2.05, 4.69) is 44.6 Å². The number of hydrogen-bond donors (Lipinski definition) is 0. The van der Waals surface area contributed by atoms with Crippen LogP contribution in [0, 0.1) is 6.92 Å². The normalized spacial score (nSPS) is 17.6. The van der Waals surface area contributed by atoms with E-state index < -0.39 is 0 Å². The third kappa shape index (κ3) is 6.76. The van der Waals surface area contributed by atoms with E-state index in [0.29, 0.717) is 0 Å². The maximum Gasteiger partial charge on any atom is 0.179 e. The lowest BCUT2D eigenvalue weighted by Gasteiger charge is -2.36. The van der Waals surface area contributed by atoms with Crippen molar-refractivity contribution in [2.75, 3.05) is 13.1 Å². The molecule has 0 bridgehead atoms. The number of quaternary nitrogens is 1. The highest BCUT2D eigenvalue weighted by Crippen LogP contribution is 2.44. The molecule has 0 unspecified atom stereocenters. The second-order valence-corrected chi connectivity index (χ2v) is 9.71. The Kier molecular flexibility index (Phi) is 10.2. The van der Waals surface area contributed by atoms with E-state index in [1.54, 1.807) is 11.3 Å². The van der Waals surface area contributed by atoms with Crippen LogP contribution >= 0.6 is 23.1 Å². The molecule has 0 radical (unpaired) electrons. The fourth-order valence-corrected chi connectivity index (χ4v) is 5.87. The van der Waals surface area contributed by atoms with Gasteiger partial charge in [-0.05, 0) is 44.4 Å². The smallest absolute Gasteiger partial charge is 0.179 e. The van der Waals surface area contributed by atoms with E-state index in [0.717, 1.165) is 15.2 Å². The number of thiazole rings is 1. The van der Waals surface area contributed by atoms with Crippen LogP contribution in [0.5, 0.6) is 0 Å². The first-order chi connectivity index (χ1) is 13.1. The van der Waals surface area contributed by atoms with Crippen molar-refractivity contribution >= 4 is 29.2 Å². The summed E-state index contributed by atoms with van der Waals surface area (Å²) < 4.78 is 1.08. The van der Waals surface area contributed by atoms with Gasteiger partial charge in [0.1, 0.15) is 10.7 Å². The molecule has 0 aromatic carbocycles. The first kappa shape index (κ1) is 22.7. The summed E-state index contributed by atoms with van der Waals surface area (Å²) in [6.07, 6.45) is 15.9. The number of unbranched alkanes of at least 4 members (excludes halogenated alkanes) is 8. The van der Waals surface area contributed by atoms with Gasteiger partial charge in [0.15, 0.2) is 5.03 Å². The monoisotopic (exact) mass is 407 g/mol. The molecule has 0 aliphatic carbocycles. The zero-order valence-electron chi connectivity index (χ0n) is 17.9. The van der Waals surface area contributed by atoms with Gasteiger partial charge in [0.25, 0.3) is 0 Å². The van der Waals surface area contributed by atoms with E-state index in [1.807, 2.05) is 11.8 Å². The van der Waals surface area contributed by atoms with Crippen LogP contribution in [-0.4, -0.2) is 22.6 Å². The van der Waals surface area contributed by atoms with Gasteiger partial charge in [-0.1, -0.05) is 52.4 Å². The molecule has 27 heavy (non-hydrogen) atoms. The van der Waals surface area contributed by atoms with Crippen LogP contribution < -0.4 is 0 Å². The quantitative estimate of drug-likeness (QED) is 0.242. The molecule has 4 heteroatoms. The van der Waals surface area contributed by atoms with Crippen LogP contribution in [-0.2, 0) is 0 Å². The van der Waals surface area contributed by atoms with E-state index in [-0.39, 0.29) is 0 Å². The maximum absolute atomic E-state index is 4.70. The SMILES string of the molecule is CCCCCCC[N+]1(CCCCCCC)C(C)=CSC1=Cc1nc(C)cs1. The molecule has 1 aromatic rings. The van der Waals surface area contributed by atoms with E-state index in [9.17, 15) is 0 Å². The number of rotatable bonds is 13. The molecule has 2 heterocycles. The average Bonchev–Trinajstić information content (AvgIpc) is 3.20. The van der Waals surface area contributed by atoms with Crippen molar-refractivity contribution in [2.24, 2.45) is 0 Å². The van der Waals surface area contributed by atoms with Gasteiger partial charge in [0, 0.05) is 29.5 Å². The summed E-state index contributed by atoms with van der Waals surface area (Å²) in [5, 5.41) is 7.21. The van der Waals surface area contributed by atoms with Gasteiger partial charge in [-0.15, -0.1) is 11.3 Å². The Morgan fingerprint density at radius 1 is 0.889 bits per heavy atom. The van der Waals surface area contributed by atoms with E-state index in [4.69, 9.17) is 4.98 Å². The minimum absolute atomic E-state index is 1.08. The number of allylic oxidation sites excluding steroid dienone is 1. The summed E-state index contributed by atoms with van der Waals surface area (Å²) in [5.74, 6) is 0. The van der Waals surface area contributed by atoms with Crippen LogP contribution in [0.4, 0.5) is 0 Å². The van der Waals surface area contributed by atoms with Crippen molar-refractivity contribution in [3.8, 4) is 0 Å². The van der Waals surface area contributed by atoms with Gasteiger partial charge in [0.05, 0.1) is 13.1 Å². The maximum atomic E-state index is 4.70. The van der Waals surface area contributed by atoms with Gasteiger partial charge < -0.3 is 0 Å². The Hall–Kier alpha value is -0.580. The minimum Gasteiger partial charge on any atom is -0.256 e. The predicted octanol–water partition coefficient (Wildman–Crippen LogP) is 8.12. The molecule has 0 atom stereocenters. The lowest BCUT2D eigenvalue weighted by Crippen LogP contribution is -2.43. The van der Waals surface area contributed by atoms with Gasteiger partial charge in [-0.2, -0.15) is 0 Å². The van der Waals surface area contributed by atoms with Crippen LogP contribution in [0.25, 0.3) is 6.08 Å². The lowest BCUT2D eigenvalue weighted by atomic mass is 10.1. The van der Waals surface area contributed by atoms with E-state index >= 15 is 0 Å². The van der Waals surface area contributed by atoms with Crippen molar-refractivity contribution in [1.29, 1.82) is 0 Å². The molecular weight excluding hydrogens is 368 g/mol. The molecule has 152 valence electrons. The molecule has 2 nitrogen and oxygen atoms in total. The number of nitrogens with zero attached hydrogens (tertiary/aromatic N) is 2. The third-order valence-corrected chi connectivity index (χ3v) is 7.70. The van der Waals surface area contributed by atoms with Gasteiger partial charge in [-0.3, -0.25) is 4.48 Å². The lowest BCUT2D eigenvalue weighted by molar-refractivity contribution is -0.844. The highest BCUT2D eigenvalue weighted by Gasteiger charge is 2.39. The molecule has 1 aliphatic heterocycles. The first-order valence-electron chi connectivity index (χ1n) is 11.0. The fraction of sp³-hybridized carbons (Fsp3) is 0.696. The van der Waals surface area contributed by atoms with Crippen LogP contribution in [0.3, 0.4) is 0 Å². The number of aromatic nitrogens is 1. The highest BCUT2D eigenvalue weighted by molar-refractivity contribution is 8.05. The predicted molar refractivity (Wildman–Crippen MR) is 124 cm³/mol. The zero-order chi connectivity index (χ0) is 19.5. The minimum atomic E-state index is 1.08. The van der Waals surface area contributed by atoms with Crippen molar-refractivity contribution in [1.82, 2.24) is 4.98 Å². The average molecular weight is 408 g/mol. The number of aryl methyl sites for hydroxylation is 1. The number of hydrogen-bond acceptors (Lipinski definition) is 3. The molecule has 0 N–H and O–H groups in total. The summed E-state index contributed by atoms with van der Waals surface area (Å²) in [6, 6.07) is 0. The molecule has 0 saturated heterocycles. The second-order valence-electron chi connectivity index (χ2n) is 7.93.